The summed E-state index contributed by atoms with van der Waals surface area (Å²) in [5, 5.41) is 9.52. The van der Waals surface area contributed by atoms with Gasteiger partial charge in [0, 0.05) is 24.2 Å². The molecule has 15 heavy (non-hydrogen) atoms. The predicted molar refractivity (Wildman–Crippen MR) is 64.3 cm³/mol. The lowest BCUT2D eigenvalue weighted by Gasteiger charge is -2.18. The van der Waals surface area contributed by atoms with Crippen molar-refractivity contribution in [2.24, 2.45) is 5.73 Å². The first kappa shape index (κ1) is 15.2. The molecule has 0 saturated carbocycles. The second-order valence-corrected chi connectivity index (χ2v) is 5.26. The van der Waals surface area contributed by atoms with Crippen molar-refractivity contribution in [2.75, 3.05) is 38.4 Å². The van der Waals surface area contributed by atoms with Crippen LogP contribution in [-0.4, -0.2) is 55.2 Å². The van der Waals surface area contributed by atoms with E-state index >= 15 is 0 Å². The number of nitrogens with two attached hydrogens (primary N) is 1. The molecular formula is C10H23NO3S. The maximum Gasteiger partial charge on any atom is 0.0863 e. The van der Waals surface area contributed by atoms with E-state index in [1.807, 2.05) is 13.8 Å². The van der Waals surface area contributed by atoms with Crippen LogP contribution in [0.3, 0.4) is 0 Å². The summed E-state index contributed by atoms with van der Waals surface area (Å²) in [6, 6.07) is 0. The highest BCUT2D eigenvalue weighted by atomic mass is 32.2. The van der Waals surface area contributed by atoms with Crippen LogP contribution in [0, 0.1) is 0 Å². The van der Waals surface area contributed by atoms with Crippen LogP contribution < -0.4 is 5.73 Å². The minimum atomic E-state index is -0.422. The fourth-order valence-corrected chi connectivity index (χ4v) is 1.88. The minimum absolute atomic E-state index is 0.179. The second-order valence-electron chi connectivity index (χ2n) is 4.23. The van der Waals surface area contributed by atoms with Gasteiger partial charge in [0.2, 0.25) is 0 Å². The highest BCUT2D eigenvalue weighted by Crippen LogP contribution is 2.10. The predicted octanol–water partition coefficient (Wildman–Crippen LogP) is 0.481. The summed E-state index contributed by atoms with van der Waals surface area (Å²) in [5.74, 6) is 1.50. The molecule has 0 saturated heterocycles. The van der Waals surface area contributed by atoms with Crippen LogP contribution in [0.5, 0.6) is 0 Å². The van der Waals surface area contributed by atoms with E-state index in [-0.39, 0.29) is 5.54 Å². The first-order chi connectivity index (χ1) is 6.95. The van der Waals surface area contributed by atoms with Gasteiger partial charge in [-0.15, -0.1) is 0 Å². The smallest absolute Gasteiger partial charge is 0.0863 e. The van der Waals surface area contributed by atoms with E-state index in [4.69, 9.17) is 15.2 Å². The summed E-state index contributed by atoms with van der Waals surface area (Å²) in [5.41, 5.74) is 5.63. The summed E-state index contributed by atoms with van der Waals surface area (Å²) < 4.78 is 10.0. The number of hydrogen-bond donors (Lipinski definition) is 2. The Hall–Kier alpha value is 0.190. The molecule has 0 fully saturated rings. The highest BCUT2D eigenvalue weighted by molar-refractivity contribution is 7.99. The molecule has 1 unspecified atom stereocenters. The van der Waals surface area contributed by atoms with Gasteiger partial charge in [0.1, 0.15) is 0 Å². The SMILES string of the molecule is COCCOCC(O)CSCC(C)(C)N. The Balaban J connectivity index is 3.29. The van der Waals surface area contributed by atoms with Gasteiger partial charge in [-0.25, -0.2) is 0 Å². The van der Waals surface area contributed by atoms with Crippen molar-refractivity contribution < 1.29 is 14.6 Å². The number of aliphatic hydroxyl groups is 1. The molecule has 5 heteroatoms. The third-order valence-electron chi connectivity index (χ3n) is 1.53. The van der Waals surface area contributed by atoms with Crippen molar-refractivity contribution in [1.82, 2.24) is 0 Å². The molecule has 1 atom stereocenters. The van der Waals surface area contributed by atoms with Gasteiger partial charge in [0.25, 0.3) is 0 Å². The molecule has 0 bridgehead atoms. The maximum absolute atomic E-state index is 9.52. The zero-order chi connectivity index (χ0) is 11.7. The van der Waals surface area contributed by atoms with Gasteiger partial charge in [-0.1, -0.05) is 0 Å². The maximum atomic E-state index is 9.52. The van der Waals surface area contributed by atoms with Crippen LogP contribution in [0.25, 0.3) is 0 Å². The Kier molecular flexibility index (Phi) is 8.46. The van der Waals surface area contributed by atoms with Crippen molar-refractivity contribution in [2.45, 2.75) is 25.5 Å². The van der Waals surface area contributed by atoms with Gasteiger partial charge in [-0.3, -0.25) is 0 Å². The third kappa shape index (κ3) is 12.1. The molecule has 0 aliphatic heterocycles. The van der Waals surface area contributed by atoms with E-state index in [9.17, 15) is 5.11 Å². The Morgan fingerprint density at radius 3 is 2.60 bits per heavy atom. The van der Waals surface area contributed by atoms with Gasteiger partial charge in [-0.05, 0) is 13.8 Å². The Bertz CT molecular complexity index is 150. The number of hydrogen-bond acceptors (Lipinski definition) is 5. The number of aliphatic hydroxyl groups excluding tert-OH is 1. The molecule has 0 spiro atoms. The summed E-state index contributed by atoms with van der Waals surface area (Å²) in [6.07, 6.45) is -0.422. The fraction of sp³-hybridized carbons (Fsp3) is 1.00. The van der Waals surface area contributed by atoms with Crippen LogP contribution >= 0.6 is 11.8 Å². The zero-order valence-electron chi connectivity index (χ0n) is 9.86. The van der Waals surface area contributed by atoms with Crippen molar-refractivity contribution in [1.29, 1.82) is 0 Å². The summed E-state index contributed by atoms with van der Waals surface area (Å²) in [7, 11) is 1.62. The van der Waals surface area contributed by atoms with Gasteiger partial charge < -0.3 is 20.3 Å². The quantitative estimate of drug-likeness (QED) is 0.571. The molecule has 0 aliphatic rings. The number of rotatable bonds is 9. The van der Waals surface area contributed by atoms with Gasteiger partial charge >= 0.3 is 0 Å². The standard InChI is InChI=1S/C10H23NO3S/c1-10(2,11)8-15-7-9(12)6-14-5-4-13-3/h9,12H,4-8,11H2,1-3H3. The molecule has 0 heterocycles. The third-order valence-corrected chi connectivity index (χ3v) is 3.09. The van der Waals surface area contributed by atoms with Gasteiger partial charge in [0.15, 0.2) is 0 Å². The first-order valence-corrected chi connectivity index (χ1v) is 6.22. The monoisotopic (exact) mass is 237 g/mol. The lowest BCUT2D eigenvalue weighted by atomic mass is 10.1. The van der Waals surface area contributed by atoms with Gasteiger partial charge in [0.05, 0.1) is 25.9 Å². The topological polar surface area (TPSA) is 64.7 Å². The van der Waals surface area contributed by atoms with Crippen molar-refractivity contribution in [3.8, 4) is 0 Å². The Morgan fingerprint density at radius 1 is 1.40 bits per heavy atom. The van der Waals surface area contributed by atoms with E-state index in [1.165, 1.54) is 0 Å². The molecule has 3 N–H and O–H groups in total. The van der Waals surface area contributed by atoms with E-state index in [2.05, 4.69) is 0 Å². The molecule has 4 nitrogen and oxygen atoms in total. The Morgan fingerprint density at radius 2 is 2.07 bits per heavy atom. The molecule has 0 rings (SSSR count). The average molecular weight is 237 g/mol. The molecular weight excluding hydrogens is 214 g/mol. The molecule has 0 aromatic carbocycles. The van der Waals surface area contributed by atoms with Gasteiger partial charge in [-0.2, -0.15) is 11.8 Å². The lowest BCUT2D eigenvalue weighted by Crippen LogP contribution is -2.35. The van der Waals surface area contributed by atoms with E-state index in [1.54, 1.807) is 18.9 Å². The molecule has 0 amide bonds. The average Bonchev–Trinajstić information content (AvgIpc) is 2.10. The Labute approximate surface area is 96.5 Å². The first-order valence-electron chi connectivity index (χ1n) is 5.07. The van der Waals surface area contributed by atoms with E-state index in [0.717, 1.165) is 5.75 Å². The summed E-state index contributed by atoms with van der Waals surface area (Å²) in [4.78, 5) is 0. The molecule has 0 aromatic heterocycles. The molecule has 0 radical (unpaired) electrons. The number of methoxy groups -OCH3 is 1. The molecule has 0 aromatic rings. The summed E-state index contributed by atoms with van der Waals surface area (Å²) in [6.45, 7) is 5.40. The zero-order valence-corrected chi connectivity index (χ0v) is 10.7. The minimum Gasteiger partial charge on any atom is -0.390 e. The normalized spacial score (nSPS) is 14.2. The van der Waals surface area contributed by atoms with Crippen molar-refractivity contribution in [3.05, 3.63) is 0 Å². The van der Waals surface area contributed by atoms with Crippen LogP contribution in [0.15, 0.2) is 0 Å². The van der Waals surface area contributed by atoms with Crippen LogP contribution in [0.2, 0.25) is 0 Å². The summed E-state index contributed by atoms with van der Waals surface area (Å²) >= 11 is 1.65. The molecule has 0 aliphatic carbocycles. The van der Waals surface area contributed by atoms with Crippen molar-refractivity contribution >= 4 is 11.8 Å². The van der Waals surface area contributed by atoms with Crippen LogP contribution in [0.1, 0.15) is 13.8 Å². The number of ether oxygens (including phenoxy) is 2. The van der Waals surface area contributed by atoms with E-state index in [0.29, 0.717) is 25.6 Å². The highest BCUT2D eigenvalue weighted by Gasteiger charge is 2.12. The fourth-order valence-electron chi connectivity index (χ4n) is 0.868. The largest absolute Gasteiger partial charge is 0.390 e. The van der Waals surface area contributed by atoms with Crippen LogP contribution in [-0.2, 0) is 9.47 Å². The van der Waals surface area contributed by atoms with Crippen molar-refractivity contribution in [3.63, 3.8) is 0 Å². The van der Waals surface area contributed by atoms with Crippen LogP contribution in [0.4, 0.5) is 0 Å². The lowest BCUT2D eigenvalue weighted by molar-refractivity contribution is 0.0218. The molecule has 92 valence electrons. The van der Waals surface area contributed by atoms with E-state index < -0.39 is 6.10 Å². The number of thioether (sulfide) groups is 1. The second kappa shape index (κ2) is 8.35.